The Kier molecular flexibility index (Phi) is 7.45. The molecule has 0 fully saturated rings. The largest absolute Gasteiger partial charge is 0.494 e. The number of carbonyl (C=O) groups is 1. The van der Waals surface area contributed by atoms with Gasteiger partial charge in [-0.1, -0.05) is 6.92 Å². The molecular weight excluding hydrogens is 374 g/mol. The zero-order valence-electron chi connectivity index (χ0n) is 16.2. The summed E-state index contributed by atoms with van der Waals surface area (Å²) in [5.74, 6) is 2.16. The molecule has 0 saturated heterocycles. The zero-order chi connectivity index (χ0) is 20.3. The maximum atomic E-state index is 11.9. The number of carbonyl (C=O) groups excluding carboxylic acids is 1. The van der Waals surface area contributed by atoms with Gasteiger partial charge < -0.3 is 23.9 Å². The minimum absolute atomic E-state index is 0.0766. The molecule has 0 unspecified atom stereocenters. The van der Waals surface area contributed by atoms with Crippen LogP contribution >= 0.6 is 0 Å². The summed E-state index contributed by atoms with van der Waals surface area (Å²) in [6.07, 6.45) is 2.52. The van der Waals surface area contributed by atoms with Gasteiger partial charge in [0.2, 0.25) is 5.88 Å². The number of ether oxygens (including phenoxy) is 3. The van der Waals surface area contributed by atoms with Gasteiger partial charge in [-0.15, -0.1) is 10.2 Å². The van der Waals surface area contributed by atoms with Gasteiger partial charge in [-0.2, -0.15) is 0 Å². The number of nitrogens with zero attached hydrogens (tertiary/aromatic N) is 2. The van der Waals surface area contributed by atoms with Crippen LogP contribution in [0.3, 0.4) is 0 Å². The molecule has 2 aromatic heterocycles. The summed E-state index contributed by atoms with van der Waals surface area (Å²) >= 11 is 0. The van der Waals surface area contributed by atoms with E-state index in [-0.39, 0.29) is 19.1 Å². The van der Waals surface area contributed by atoms with Crippen molar-refractivity contribution in [3.05, 3.63) is 54.8 Å². The van der Waals surface area contributed by atoms with Crippen molar-refractivity contribution in [3.63, 3.8) is 0 Å². The number of hydrogen-bond acceptors (Lipinski definition) is 7. The van der Waals surface area contributed by atoms with Gasteiger partial charge in [-0.05, 0) is 48.9 Å². The summed E-state index contributed by atoms with van der Waals surface area (Å²) < 4.78 is 21.7. The van der Waals surface area contributed by atoms with Crippen LogP contribution in [0.15, 0.2) is 59.2 Å². The Labute approximate surface area is 168 Å². The molecule has 0 aliphatic carbocycles. The molecule has 0 aliphatic rings. The molecule has 152 valence electrons. The number of furan rings is 1. The average Bonchev–Trinajstić information content (AvgIpc) is 3.30. The van der Waals surface area contributed by atoms with Crippen LogP contribution < -0.4 is 19.5 Å². The molecule has 1 amide bonds. The quantitative estimate of drug-likeness (QED) is 0.497. The lowest BCUT2D eigenvalue weighted by atomic mass is 10.3. The number of nitrogens with one attached hydrogen (secondary N) is 1. The molecule has 0 aliphatic heterocycles. The Hall–Kier alpha value is -3.55. The number of hydrogen-bond donors (Lipinski definition) is 1. The summed E-state index contributed by atoms with van der Waals surface area (Å²) in [7, 11) is 0. The number of rotatable bonds is 11. The first-order chi connectivity index (χ1) is 14.2. The first kappa shape index (κ1) is 20.2. The van der Waals surface area contributed by atoms with Gasteiger partial charge in [0.1, 0.15) is 23.8 Å². The van der Waals surface area contributed by atoms with E-state index in [1.165, 1.54) is 0 Å². The smallest absolute Gasteiger partial charge is 0.258 e. The summed E-state index contributed by atoms with van der Waals surface area (Å²) in [5.41, 5.74) is 0.623. The molecule has 1 N–H and O–H groups in total. The van der Waals surface area contributed by atoms with Crippen molar-refractivity contribution in [2.24, 2.45) is 0 Å². The van der Waals surface area contributed by atoms with Gasteiger partial charge in [0.05, 0.1) is 19.4 Å². The minimum atomic E-state index is -0.237. The fraction of sp³-hybridized carbons (Fsp3) is 0.286. The Balaban J connectivity index is 1.31. The number of benzene rings is 1. The SMILES string of the molecule is CCCOc1ccc(OCC(=O)NCCOc2ccc(-c3ccco3)nn2)cc1. The molecule has 0 spiro atoms. The molecule has 29 heavy (non-hydrogen) atoms. The first-order valence-corrected chi connectivity index (χ1v) is 9.37. The van der Waals surface area contributed by atoms with Crippen molar-refractivity contribution >= 4 is 5.91 Å². The van der Waals surface area contributed by atoms with Crippen LogP contribution in [-0.4, -0.2) is 42.5 Å². The highest BCUT2D eigenvalue weighted by molar-refractivity contribution is 5.77. The second-order valence-corrected chi connectivity index (χ2v) is 6.04. The summed E-state index contributed by atoms with van der Waals surface area (Å²) in [5, 5.41) is 10.7. The monoisotopic (exact) mass is 397 g/mol. The standard InChI is InChI=1S/C21H23N3O5/c1-2-12-26-16-5-7-17(8-6-16)29-15-20(25)22-11-14-28-21-10-9-18(23-24-21)19-4-3-13-27-19/h3-10,13H,2,11-12,14-15H2,1H3,(H,22,25). The zero-order valence-corrected chi connectivity index (χ0v) is 16.2. The van der Waals surface area contributed by atoms with Crippen molar-refractivity contribution in [1.29, 1.82) is 0 Å². The number of aromatic nitrogens is 2. The van der Waals surface area contributed by atoms with Crippen LogP contribution in [0.2, 0.25) is 0 Å². The third kappa shape index (κ3) is 6.53. The van der Waals surface area contributed by atoms with E-state index in [1.807, 2.05) is 19.1 Å². The van der Waals surface area contributed by atoms with Gasteiger partial charge in [-0.3, -0.25) is 4.79 Å². The summed E-state index contributed by atoms with van der Waals surface area (Å²) in [6.45, 7) is 3.24. The summed E-state index contributed by atoms with van der Waals surface area (Å²) in [4.78, 5) is 11.9. The Morgan fingerprint density at radius 2 is 1.76 bits per heavy atom. The fourth-order valence-corrected chi connectivity index (χ4v) is 2.35. The highest BCUT2D eigenvalue weighted by atomic mass is 16.5. The van der Waals surface area contributed by atoms with E-state index in [4.69, 9.17) is 18.6 Å². The molecule has 1 aromatic carbocycles. The van der Waals surface area contributed by atoms with Crippen molar-refractivity contribution in [2.45, 2.75) is 13.3 Å². The van der Waals surface area contributed by atoms with Crippen LogP contribution in [0.25, 0.3) is 11.5 Å². The Morgan fingerprint density at radius 1 is 0.966 bits per heavy atom. The maximum absolute atomic E-state index is 11.9. The van der Waals surface area contributed by atoms with Gasteiger partial charge >= 0.3 is 0 Å². The number of amides is 1. The first-order valence-electron chi connectivity index (χ1n) is 9.37. The second kappa shape index (κ2) is 10.7. The molecule has 8 heteroatoms. The van der Waals surface area contributed by atoms with Crippen LogP contribution in [0, 0.1) is 0 Å². The van der Waals surface area contributed by atoms with E-state index < -0.39 is 0 Å². The highest BCUT2D eigenvalue weighted by Crippen LogP contribution is 2.18. The molecule has 0 bridgehead atoms. The van der Waals surface area contributed by atoms with Crippen LogP contribution in [0.5, 0.6) is 17.4 Å². The third-order valence-electron chi connectivity index (χ3n) is 3.75. The molecule has 0 saturated carbocycles. The normalized spacial score (nSPS) is 10.4. The predicted molar refractivity (Wildman–Crippen MR) is 106 cm³/mol. The topological polar surface area (TPSA) is 95.7 Å². The minimum Gasteiger partial charge on any atom is -0.494 e. The van der Waals surface area contributed by atoms with Crippen molar-refractivity contribution in [3.8, 4) is 28.8 Å². The van der Waals surface area contributed by atoms with Crippen molar-refractivity contribution in [1.82, 2.24) is 15.5 Å². The fourth-order valence-electron chi connectivity index (χ4n) is 2.35. The van der Waals surface area contributed by atoms with Crippen LogP contribution in [0.1, 0.15) is 13.3 Å². The summed E-state index contributed by atoms with van der Waals surface area (Å²) in [6, 6.07) is 14.2. The van der Waals surface area contributed by atoms with E-state index in [9.17, 15) is 4.79 Å². The van der Waals surface area contributed by atoms with Gasteiger partial charge in [0.25, 0.3) is 5.91 Å². The molecular formula is C21H23N3O5. The van der Waals surface area contributed by atoms with Gasteiger partial charge in [0, 0.05) is 6.07 Å². The molecule has 2 heterocycles. The maximum Gasteiger partial charge on any atom is 0.258 e. The third-order valence-corrected chi connectivity index (χ3v) is 3.75. The van der Waals surface area contributed by atoms with E-state index in [1.54, 1.807) is 42.7 Å². The molecule has 3 aromatic rings. The van der Waals surface area contributed by atoms with Crippen LogP contribution in [0.4, 0.5) is 0 Å². The predicted octanol–water partition coefficient (Wildman–Crippen LogP) is 3.10. The average molecular weight is 397 g/mol. The highest BCUT2D eigenvalue weighted by Gasteiger charge is 2.05. The molecule has 0 atom stereocenters. The van der Waals surface area contributed by atoms with Crippen molar-refractivity contribution in [2.75, 3.05) is 26.4 Å². The van der Waals surface area contributed by atoms with Gasteiger partial charge in [0.15, 0.2) is 12.4 Å². The van der Waals surface area contributed by atoms with E-state index >= 15 is 0 Å². The second-order valence-electron chi connectivity index (χ2n) is 6.04. The van der Waals surface area contributed by atoms with E-state index in [2.05, 4.69) is 15.5 Å². The molecule has 0 radical (unpaired) electrons. The van der Waals surface area contributed by atoms with Crippen LogP contribution in [-0.2, 0) is 4.79 Å². The molecule has 3 rings (SSSR count). The van der Waals surface area contributed by atoms with E-state index in [0.29, 0.717) is 36.2 Å². The Morgan fingerprint density at radius 3 is 2.41 bits per heavy atom. The lowest BCUT2D eigenvalue weighted by Crippen LogP contribution is -2.32. The van der Waals surface area contributed by atoms with E-state index in [0.717, 1.165) is 12.2 Å². The lowest BCUT2D eigenvalue weighted by Gasteiger charge is -2.09. The molecule has 8 nitrogen and oxygen atoms in total. The van der Waals surface area contributed by atoms with Gasteiger partial charge in [-0.25, -0.2) is 0 Å². The van der Waals surface area contributed by atoms with Crippen molar-refractivity contribution < 1.29 is 23.4 Å². The Bertz CT molecular complexity index is 864. The lowest BCUT2D eigenvalue weighted by molar-refractivity contribution is -0.123.